The molecule has 2 N–H and O–H groups in total. The Morgan fingerprint density at radius 1 is 1.71 bits per heavy atom. The van der Waals surface area contributed by atoms with Crippen LogP contribution in [0.15, 0.2) is 19.0 Å². The summed E-state index contributed by atoms with van der Waals surface area (Å²) >= 11 is 0. The minimum atomic E-state index is -0.200. The fraction of sp³-hybridized carbons (Fsp3) is 0.500. The maximum absolute atomic E-state index is 11.6. The second kappa shape index (κ2) is 6.85. The van der Waals surface area contributed by atoms with E-state index >= 15 is 0 Å². The van der Waals surface area contributed by atoms with Crippen molar-refractivity contribution in [2.24, 2.45) is 0 Å². The summed E-state index contributed by atoms with van der Waals surface area (Å²) in [7, 11) is 0. The summed E-state index contributed by atoms with van der Waals surface area (Å²) < 4.78 is 1.64. The summed E-state index contributed by atoms with van der Waals surface area (Å²) in [6.45, 7) is 8.84. The standard InChI is InChI=1S/C12H20N4O/c1-4-6-13-12(17)10(3)14-7-11-8-15-16(5-2)9-11/h5,8-10,14H,2,4,6-7H2,1,3H3,(H,13,17). The first kappa shape index (κ1) is 13.4. The van der Waals surface area contributed by atoms with Crippen LogP contribution in [0.4, 0.5) is 0 Å². The molecule has 17 heavy (non-hydrogen) atoms. The molecular weight excluding hydrogens is 216 g/mol. The van der Waals surface area contributed by atoms with Gasteiger partial charge in [-0.05, 0) is 13.3 Å². The molecule has 0 bridgehead atoms. The molecule has 5 nitrogen and oxygen atoms in total. The van der Waals surface area contributed by atoms with Crippen molar-refractivity contribution in [2.45, 2.75) is 32.9 Å². The molecule has 0 saturated carbocycles. The fourth-order valence-electron chi connectivity index (χ4n) is 1.33. The molecule has 0 fully saturated rings. The van der Waals surface area contributed by atoms with Gasteiger partial charge < -0.3 is 10.6 Å². The highest BCUT2D eigenvalue weighted by atomic mass is 16.2. The van der Waals surface area contributed by atoms with Crippen molar-refractivity contribution in [3.05, 3.63) is 24.5 Å². The lowest BCUT2D eigenvalue weighted by Gasteiger charge is -2.12. The second-order valence-corrected chi connectivity index (χ2v) is 3.90. The van der Waals surface area contributed by atoms with Gasteiger partial charge in [0.05, 0.1) is 12.2 Å². The predicted molar refractivity (Wildman–Crippen MR) is 68.2 cm³/mol. The molecule has 1 heterocycles. The van der Waals surface area contributed by atoms with Gasteiger partial charge in [0.1, 0.15) is 0 Å². The highest BCUT2D eigenvalue weighted by molar-refractivity contribution is 5.81. The Bertz CT molecular complexity index is 372. The van der Waals surface area contributed by atoms with E-state index in [2.05, 4.69) is 22.3 Å². The number of carbonyl (C=O) groups is 1. The molecule has 1 aromatic heterocycles. The van der Waals surface area contributed by atoms with Crippen LogP contribution in [0, 0.1) is 0 Å². The van der Waals surface area contributed by atoms with Crippen LogP contribution in [0.5, 0.6) is 0 Å². The van der Waals surface area contributed by atoms with Gasteiger partial charge in [-0.3, -0.25) is 4.79 Å². The molecule has 1 aromatic rings. The third-order valence-electron chi connectivity index (χ3n) is 2.40. The number of aromatic nitrogens is 2. The monoisotopic (exact) mass is 236 g/mol. The minimum absolute atomic E-state index is 0.0305. The molecule has 1 atom stereocenters. The van der Waals surface area contributed by atoms with Gasteiger partial charge in [0.2, 0.25) is 5.91 Å². The van der Waals surface area contributed by atoms with Crippen molar-refractivity contribution in [1.82, 2.24) is 20.4 Å². The molecule has 5 heteroatoms. The lowest BCUT2D eigenvalue weighted by molar-refractivity contribution is -0.122. The Morgan fingerprint density at radius 3 is 3.06 bits per heavy atom. The molecule has 94 valence electrons. The molecule has 0 aliphatic rings. The Morgan fingerprint density at radius 2 is 2.47 bits per heavy atom. The first-order chi connectivity index (χ1) is 8.17. The highest BCUT2D eigenvalue weighted by Crippen LogP contribution is 1.98. The van der Waals surface area contributed by atoms with Crippen molar-refractivity contribution in [3.63, 3.8) is 0 Å². The van der Waals surface area contributed by atoms with Crippen molar-refractivity contribution in [3.8, 4) is 0 Å². The van der Waals surface area contributed by atoms with Gasteiger partial charge in [-0.25, -0.2) is 4.68 Å². The summed E-state index contributed by atoms with van der Waals surface area (Å²) in [6, 6.07) is -0.200. The van der Waals surface area contributed by atoms with Gasteiger partial charge in [-0.15, -0.1) is 0 Å². The molecule has 0 aromatic carbocycles. The number of nitrogens with zero attached hydrogens (tertiary/aromatic N) is 2. The van der Waals surface area contributed by atoms with E-state index in [1.165, 1.54) is 0 Å². The third-order valence-corrected chi connectivity index (χ3v) is 2.40. The van der Waals surface area contributed by atoms with E-state index in [1.54, 1.807) is 17.1 Å². The van der Waals surface area contributed by atoms with Gasteiger partial charge in [0.15, 0.2) is 0 Å². The first-order valence-corrected chi connectivity index (χ1v) is 5.84. The number of nitrogens with one attached hydrogen (secondary N) is 2. The van der Waals surface area contributed by atoms with E-state index < -0.39 is 0 Å². The third kappa shape index (κ3) is 4.40. The molecule has 1 amide bonds. The maximum Gasteiger partial charge on any atom is 0.236 e. The van der Waals surface area contributed by atoms with Crippen LogP contribution in [-0.4, -0.2) is 28.3 Å². The van der Waals surface area contributed by atoms with Crippen LogP contribution in [0.3, 0.4) is 0 Å². The van der Waals surface area contributed by atoms with Crippen LogP contribution in [0.2, 0.25) is 0 Å². The van der Waals surface area contributed by atoms with E-state index in [9.17, 15) is 4.79 Å². The molecule has 0 saturated heterocycles. The van der Waals surface area contributed by atoms with E-state index in [0.29, 0.717) is 6.54 Å². The van der Waals surface area contributed by atoms with Crippen LogP contribution in [-0.2, 0) is 11.3 Å². The lowest BCUT2D eigenvalue weighted by Crippen LogP contribution is -2.42. The van der Waals surface area contributed by atoms with E-state index in [4.69, 9.17) is 0 Å². The number of rotatable bonds is 7. The lowest BCUT2D eigenvalue weighted by atomic mass is 10.2. The van der Waals surface area contributed by atoms with Crippen molar-refractivity contribution >= 4 is 12.1 Å². The summed E-state index contributed by atoms with van der Waals surface area (Å²) in [4.78, 5) is 11.6. The summed E-state index contributed by atoms with van der Waals surface area (Å²) in [5.74, 6) is 0.0305. The van der Waals surface area contributed by atoms with Gasteiger partial charge in [0.25, 0.3) is 0 Å². The number of hydrogen-bond acceptors (Lipinski definition) is 3. The SMILES string of the molecule is C=Cn1cc(CNC(C)C(=O)NCCC)cn1. The Balaban J connectivity index is 2.34. The largest absolute Gasteiger partial charge is 0.355 e. The van der Waals surface area contributed by atoms with Gasteiger partial charge in [-0.1, -0.05) is 13.5 Å². The molecular formula is C12H20N4O. The van der Waals surface area contributed by atoms with Crippen molar-refractivity contribution in [1.29, 1.82) is 0 Å². The zero-order valence-corrected chi connectivity index (χ0v) is 10.4. The average molecular weight is 236 g/mol. The molecule has 0 aliphatic carbocycles. The van der Waals surface area contributed by atoms with Crippen molar-refractivity contribution in [2.75, 3.05) is 6.54 Å². The highest BCUT2D eigenvalue weighted by Gasteiger charge is 2.11. The Labute approximate surface area is 102 Å². The van der Waals surface area contributed by atoms with Gasteiger partial charge in [0, 0.05) is 31.0 Å². The van der Waals surface area contributed by atoms with Crippen LogP contribution in [0.1, 0.15) is 25.8 Å². The van der Waals surface area contributed by atoms with Crippen LogP contribution >= 0.6 is 0 Å². The number of hydrogen-bond donors (Lipinski definition) is 2. The quantitative estimate of drug-likeness (QED) is 0.742. The number of carbonyl (C=O) groups excluding carboxylic acids is 1. The van der Waals surface area contributed by atoms with Gasteiger partial charge in [-0.2, -0.15) is 5.10 Å². The topological polar surface area (TPSA) is 59.0 Å². The average Bonchev–Trinajstić information content (AvgIpc) is 2.80. The molecule has 0 aliphatic heterocycles. The van der Waals surface area contributed by atoms with Crippen LogP contribution < -0.4 is 10.6 Å². The first-order valence-electron chi connectivity index (χ1n) is 5.84. The normalized spacial score (nSPS) is 12.1. The minimum Gasteiger partial charge on any atom is -0.355 e. The molecule has 1 unspecified atom stereocenters. The maximum atomic E-state index is 11.6. The summed E-state index contributed by atoms with van der Waals surface area (Å²) in [5, 5.41) is 10.1. The van der Waals surface area contributed by atoms with E-state index in [-0.39, 0.29) is 11.9 Å². The number of amides is 1. The smallest absolute Gasteiger partial charge is 0.236 e. The Kier molecular flexibility index (Phi) is 5.42. The zero-order valence-electron chi connectivity index (χ0n) is 10.4. The zero-order chi connectivity index (χ0) is 12.7. The van der Waals surface area contributed by atoms with Crippen LogP contribution in [0.25, 0.3) is 6.20 Å². The molecule has 0 radical (unpaired) electrons. The molecule has 0 spiro atoms. The predicted octanol–water partition coefficient (Wildman–Crippen LogP) is 0.988. The Hall–Kier alpha value is -1.62. The van der Waals surface area contributed by atoms with E-state index in [1.807, 2.05) is 20.0 Å². The fourth-order valence-corrected chi connectivity index (χ4v) is 1.33. The summed E-state index contributed by atoms with van der Waals surface area (Å²) in [5.41, 5.74) is 1.03. The van der Waals surface area contributed by atoms with E-state index in [0.717, 1.165) is 18.5 Å². The summed E-state index contributed by atoms with van der Waals surface area (Å²) in [6.07, 6.45) is 6.20. The van der Waals surface area contributed by atoms with Gasteiger partial charge >= 0.3 is 0 Å². The second-order valence-electron chi connectivity index (χ2n) is 3.90. The molecule has 1 rings (SSSR count). The van der Waals surface area contributed by atoms with Crippen molar-refractivity contribution < 1.29 is 4.79 Å².